The number of hydrogen-bond donors (Lipinski definition) is 2. The van der Waals surface area contributed by atoms with Crippen LogP contribution in [0.3, 0.4) is 0 Å². The Kier molecular flexibility index (Phi) is 3.04. The molecular formula is C17H20N4. The van der Waals surface area contributed by atoms with Gasteiger partial charge in [0.15, 0.2) is 0 Å². The van der Waals surface area contributed by atoms with Crippen LogP contribution in [0.15, 0.2) is 36.7 Å². The molecule has 0 spiro atoms. The number of rotatable bonds is 3. The lowest BCUT2D eigenvalue weighted by Crippen LogP contribution is -2.19. The maximum absolute atomic E-state index is 4.16. The highest BCUT2D eigenvalue weighted by molar-refractivity contribution is 5.79. The summed E-state index contributed by atoms with van der Waals surface area (Å²) in [6, 6.07) is 8.84. The van der Waals surface area contributed by atoms with E-state index in [0.29, 0.717) is 5.92 Å². The van der Waals surface area contributed by atoms with Crippen molar-refractivity contribution >= 4 is 10.9 Å². The van der Waals surface area contributed by atoms with Gasteiger partial charge in [-0.25, -0.2) is 0 Å². The molecule has 21 heavy (non-hydrogen) atoms. The van der Waals surface area contributed by atoms with Crippen molar-refractivity contribution in [3.05, 3.63) is 53.5 Å². The van der Waals surface area contributed by atoms with E-state index in [1.165, 1.54) is 34.1 Å². The number of hydrogen-bond acceptors (Lipinski definition) is 2. The smallest absolute Gasteiger partial charge is 0.0519 e. The van der Waals surface area contributed by atoms with Crippen LogP contribution in [0.25, 0.3) is 10.9 Å². The van der Waals surface area contributed by atoms with Gasteiger partial charge in [-0.3, -0.25) is 10.00 Å². The number of aryl methyl sites for hydroxylation is 1. The molecule has 0 aliphatic carbocycles. The first-order valence-electron chi connectivity index (χ1n) is 7.58. The Labute approximate surface area is 124 Å². The van der Waals surface area contributed by atoms with Gasteiger partial charge in [0.05, 0.1) is 6.20 Å². The van der Waals surface area contributed by atoms with Crippen molar-refractivity contribution in [3.8, 4) is 0 Å². The van der Waals surface area contributed by atoms with Crippen LogP contribution < -0.4 is 0 Å². The fourth-order valence-electron chi connectivity index (χ4n) is 3.44. The first-order chi connectivity index (χ1) is 10.3. The summed E-state index contributed by atoms with van der Waals surface area (Å²) in [5.41, 5.74) is 5.21. The average molecular weight is 280 g/mol. The lowest BCUT2D eigenvalue weighted by Gasteiger charge is -2.16. The van der Waals surface area contributed by atoms with Crippen LogP contribution in [-0.4, -0.2) is 33.2 Å². The molecule has 2 aromatic heterocycles. The first-order valence-corrected chi connectivity index (χ1v) is 7.58. The summed E-state index contributed by atoms with van der Waals surface area (Å²) in [5.74, 6) is 0.600. The number of nitrogens with zero attached hydrogens (tertiary/aromatic N) is 2. The third-order valence-electron chi connectivity index (χ3n) is 4.57. The molecule has 108 valence electrons. The van der Waals surface area contributed by atoms with E-state index in [0.717, 1.165) is 19.6 Å². The molecule has 1 atom stereocenters. The lowest BCUT2D eigenvalue weighted by molar-refractivity contribution is 0.326. The molecule has 2 N–H and O–H groups in total. The number of benzene rings is 1. The van der Waals surface area contributed by atoms with Gasteiger partial charge < -0.3 is 4.98 Å². The molecule has 3 aromatic rings. The predicted molar refractivity (Wildman–Crippen MR) is 84.3 cm³/mol. The maximum atomic E-state index is 4.16. The standard InChI is InChI=1S/C17H20N4/c1-12-9-19-20-17(12)15-5-7-21(11-15)10-13-2-3-16-14(8-13)4-6-18-16/h2-4,6,8-9,15,18H,5,7,10-11H2,1H3,(H,19,20)/t15-/m1/s1. The van der Waals surface area contributed by atoms with E-state index in [4.69, 9.17) is 0 Å². The third kappa shape index (κ3) is 2.36. The Balaban J connectivity index is 1.47. The Morgan fingerprint density at radius 2 is 2.29 bits per heavy atom. The summed E-state index contributed by atoms with van der Waals surface area (Å²) < 4.78 is 0. The molecular weight excluding hydrogens is 260 g/mol. The summed E-state index contributed by atoms with van der Waals surface area (Å²) in [7, 11) is 0. The molecule has 1 aromatic carbocycles. The van der Waals surface area contributed by atoms with Gasteiger partial charge in [-0.05, 0) is 54.6 Å². The fraction of sp³-hybridized carbons (Fsp3) is 0.353. The molecule has 1 aliphatic rings. The minimum Gasteiger partial charge on any atom is -0.361 e. The largest absolute Gasteiger partial charge is 0.361 e. The van der Waals surface area contributed by atoms with Gasteiger partial charge in [0.1, 0.15) is 0 Å². The molecule has 0 amide bonds. The zero-order valence-corrected chi connectivity index (χ0v) is 12.3. The topological polar surface area (TPSA) is 47.7 Å². The summed E-state index contributed by atoms with van der Waals surface area (Å²) in [5, 5.41) is 8.63. The van der Waals surface area contributed by atoms with Crippen molar-refractivity contribution in [2.75, 3.05) is 13.1 Å². The van der Waals surface area contributed by atoms with Gasteiger partial charge in [-0.1, -0.05) is 6.07 Å². The molecule has 1 fully saturated rings. The second-order valence-corrected chi connectivity index (χ2v) is 6.09. The number of nitrogens with one attached hydrogen (secondary N) is 2. The van der Waals surface area contributed by atoms with E-state index in [-0.39, 0.29) is 0 Å². The Bertz CT molecular complexity index is 755. The predicted octanol–water partition coefficient (Wildman–Crippen LogP) is 3.19. The monoisotopic (exact) mass is 280 g/mol. The summed E-state index contributed by atoms with van der Waals surface area (Å²) >= 11 is 0. The Morgan fingerprint density at radius 1 is 1.33 bits per heavy atom. The molecule has 1 aliphatic heterocycles. The van der Waals surface area contributed by atoms with Crippen LogP contribution in [0.5, 0.6) is 0 Å². The van der Waals surface area contributed by atoms with E-state index >= 15 is 0 Å². The molecule has 0 unspecified atom stereocenters. The molecule has 0 bridgehead atoms. The average Bonchev–Trinajstić information content (AvgIpc) is 3.18. The van der Waals surface area contributed by atoms with E-state index < -0.39 is 0 Å². The van der Waals surface area contributed by atoms with Gasteiger partial charge in [-0.15, -0.1) is 0 Å². The Morgan fingerprint density at radius 3 is 3.14 bits per heavy atom. The number of aromatic nitrogens is 3. The fourth-order valence-corrected chi connectivity index (χ4v) is 3.44. The van der Waals surface area contributed by atoms with Crippen molar-refractivity contribution in [1.82, 2.24) is 20.1 Å². The second-order valence-electron chi connectivity index (χ2n) is 6.09. The summed E-state index contributed by atoms with van der Waals surface area (Å²) in [6.45, 7) is 5.45. The normalized spacial score (nSPS) is 19.6. The van der Waals surface area contributed by atoms with Crippen LogP contribution in [0.1, 0.15) is 29.2 Å². The van der Waals surface area contributed by atoms with Crippen LogP contribution in [0.2, 0.25) is 0 Å². The van der Waals surface area contributed by atoms with Crippen LogP contribution in [-0.2, 0) is 6.54 Å². The quantitative estimate of drug-likeness (QED) is 0.774. The highest BCUT2D eigenvalue weighted by Gasteiger charge is 2.26. The van der Waals surface area contributed by atoms with Crippen LogP contribution in [0, 0.1) is 6.92 Å². The number of aromatic amines is 2. The molecule has 3 heterocycles. The van der Waals surface area contributed by atoms with Crippen molar-refractivity contribution in [3.63, 3.8) is 0 Å². The molecule has 1 saturated heterocycles. The minimum absolute atomic E-state index is 0.600. The molecule has 4 rings (SSSR count). The minimum atomic E-state index is 0.600. The van der Waals surface area contributed by atoms with Crippen molar-refractivity contribution in [2.24, 2.45) is 0 Å². The Hall–Kier alpha value is -2.07. The van der Waals surface area contributed by atoms with Gasteiger partial charge >= 0.3 is 0 Å². The molecule has 0 saturated carbocycles. The molecule has 0 radical (unpaired) electrons. The SMILES string of the molecule is Cc1cn[nH]c1[C@@H]1CCN(Cc2ccc3[nH]ccc3c2)C1. The number of fused-ring (bicyclic) bond motifs is 1. The van der Waals surface area contributed by atoms with Gasteiger partial charge in [-0.2, -0.15) is 5.10 Å². The lowest BCUT2D eigenvalue weighted by atomic mass is 10.0. The summed E-state index contributed by atoms with van der Waals surface area (Å²) in [4.78, 5) is 5.79. The van der Waals surface area contributed by atoms with Crippen molar-refractivity contribution in [1.29, 1.82) is 0 Å². The van der Waals surface area contributed by atoms with Gasteiger partial charge in [0.2, 0.25) is 0 Å². The van der Waals surface area contributed by atoms with Crippen molar-refractivity contribution in [2.45, 2.75) is 25.8 Å². The summed E-state index contributed by atoms with van der Waals surface area (Å²) in [6.07, 6.45) is 5.15. The molecule has 4 nitrogen and oxygen atoms in total. The van der Waals surface area contributed by atoms with Crippen LogP contribution in [0.4, 0.5) is 0 Å². The highest BCUT2D eigenvalue weighted by atomic mass is 15.2. The first kappa shape index (κ1) is 12.7. The van der Waals surface area contributed by atoms with Gasteiger partial charge in [0, 0.05) is 36.4 Å². The zero-order valence-electron chi connectivity index (χ0n) is 12.3. The van der Waals surface area contributed by atoms with Gasteiger partial charge in [0.25, 0.3) is 0 Å². The van der Waals surface area contributed by atoms with E-state index in [2.05, 4.69) is 51.3 Å². The highest BCUT2D eigenvalue weighted by Crippen LogP contribution is 2.29. The van der Waals surface area contributed by atoms with E-state index in [9.17, 15) is 0 Å². The van der Waals surface area contributed by atoms with Crippen molar-refractivity contribution < 1.29 is 0 Å². The van der Waals surface area contributed by atoms with E-state index in [1.54, 1.807) is 0 Å². The number of likely N-dealkylation sites (tertiary alicyclic amines) is 1. The number of H-pyrrole nitrogens is 2. The van der Waals surface area contributed by atoms with Crippen LogP contribution >= 0.6 is 0 Å². The van der Waals surface area contributed by atoms with E-state index in [1.807, 2.05) is 12.4 Å². The maximum Gasteiger partial charge on any atom is 0.0519 e. The molecule has 4 heteroatoms. The zero-order chi connectivity index (χ0) is 14.2. The third-order valence-corrected chi connectivity index (χ3v) is 4.57. The second kappa shape index (κ2) is 5.04.